The Bertz CT molecular complexity index is 2010. The van der Waals surface area contributed by atoms with Gasteiger partial charge in [0.25, 0.3) is 0 Å². The van der Waals surface area contributed by atoms with Gasteiger partial charge >= 0.3 is 65.7 Å². The molecule has 534 valence electrons. The lowest BCUT2D eigenvalue weighted by atomic mass is 10.0. The zero-order chi connectivity index (χ0) is 69.6. The van der Waals surface area contributed by atoms with Crippen LogP contribution in [0.1, 0.15) is 268 Å². The van der Waals surface area contributed by atoms with E-state index in [1.807, 2.05) is 41.5 Å². The molecule has 0 aromatic carbocycles. The van der Waals surface area contributed by atoms with Gasteiger partial charge in [-0.3, -0.25) is 47.9 Å². The van der Waals surface area contributed by atoms with Crippen LogP contribution in [0.5, 0.6) is 0 Å². The van der Waals surface area contributed by atoms with Gasteiger partial charge in [-0.1, -0.05) is 81.2 Å². The number of rotatable bonds is 56. The zero-order valence-corrected chi connectivity index (χ0v) is 57.8. The molecule has 0 saturated heterocycles. The first-order valence-corrected chi connectivity index (χ1v) is 34.1. The van der Waals surface area contributed by atoms with Crippen LogP contribution in [-0.4, -0.2) is 148 Å². The Morgan fingerprint density at radius 1 is 0.337 bits per heavy atom. The van der Waals surface area contributed by atoms with Crippen LogP contribution in [0.25, 0.3) is 0 Å². The molecule has 0 amide bonds. The van der Waals surface area contributed by atoms with Gasteiger partial charge in [0.05, 0.1) is 70.6 Å². The molecule has 0 aliphatic carbocycles. The van der Waals surface area contributed by atoms with Crippen LogP contribution in [0.15, 0.2) is 12.2 Å². The predicted octanol–water partition coefficient (Wildman–Crippen LogP) is 12.5. The number of carboxylic acid groups (broad SMARTS) is 1. The molecule has 0 bridgehead atoms. The molecule has 0 radical (unpaired) electrons. The van der Waals surface area contributed by atoms with Crippen LogP contribution in [0.3, 0.4) is 0 Å². The van der Waals surface area contributed by atoms with Crippen LogP contribution in [-0.2, 0) is 100 Å². The molecule has 5 unspecified atom stereocenters. The van der Waals surface area contributed by atoms with E-state index >= 15 is 0 Å². The summed E-state index contributed by atoms with van der Waals surface area (Å²) in [7, 11) is 0. The fraction of sp³-hybridized carbons (Fsp3) is 0.812. The highest BCUT2D eigenvalue weighted by Crippen LogP contribution is 2.15. The van der Waals surface area contributed by atoms with Crippen molar-refractivity contribution in [3.63, 3.8) is 0 Å². The SMILES string of the molecule is C=C(C)C(=O)OCC(O)COC(=O)CCCCCOC(=O)CCCCCOC(=O)C(C)CC.CCC(C)C(=O)OCCCCCC(=O)OCCCCCC(=O)O.CCCCC(CC)COC(=O)CCCCOC(=O)CCCCCOC(=O)CCCOC(=O)C(C)CC. The van der Waals surface area contributed by atoms with E-state index in [9.17, 15) is 57.8 Å². The smallest absolute Gasteiger partial charge is 0.333 e. The highest BCUT2D eigenvalue weighted by atomic mass is 16.6. The highest BCUT2D eigenvalue weighted by Gasteiger charge is 2.17. The van der Waals surface area contributed by atoms with E-state index in [1.165, 1.54) is 6.92 Å². The topological polar surface area (TPSA) is 321 Å². The molecule has 5 atom stereocenters. The molecule has 0 aromatic heterocycles. The van der Waals surface area contributed by atoms with Gasteiger partial charge in [0.2, 0.25) is 0 Å². The van der Waals surface area contributed by atoms with E-state index in [1.54, 1.807) is 0 Å². The highest BCUT2D eigenvalue weighted by molar-refractivity contribution is 5.87. The van der Waals surface area contributed by atoms with Crippen LogP contribution in [0, 0.1) is 23.7 Å². The van der Waals surface area contributed by atoms with Gasteiger partial charge in [0.15, 0.2) is 0 Å². The number of carbonyl (C=O) groups is 11. The summed E-state index contributed by atoms with van der Waals surface area (Å²) in [5.74, 6) is -3.45. The van der Waals surface area contributed by atoms with Crippen LogP contribution < -0.4 is 0 Å². The molecule has 0 fully saturated rings. The minimum atomic E-state index is -1.09. The number of unbranched alkanes of at least 4 members (excludes halogenated alkanes) is 12. The third kappa shape index (κ3) is 61.4. The average molecular weight is 1320 g/mol. The summed E-state index contributed by atoms with van der Waals surface area (Å²) in [5.41, 5.74) is 0.224. The lowest BCUT2D eigenvalue weighted by Gasteiger charge is -2.14. The van der Waals surface area contributed by atoms with E-state index in [2.05, 4.69) is 20.4 Å². The third-order valence-electron chi connectivity index (χ3n) is 14.5. The van der Waals surface area contributed by atoms with Crippen molar-refractivity contribution in [3.05, 3.63) is 12.2 Å². The Hall–Kier alpha value is -6.13. The Kier molecular flexibility index (Phi) is 62.3. The first-order chi connectivity index (χ1) is 44.0. The number of hydrogen-bond donors (Lipinski definition) is 2. The van der Waals surface area contributed by atoms with Crippen molar-refractivity contribution in [1.29, 1.82) is 0 Å². The first-order valence-electron chi connectivity index (χ1n) is 34.1. The van der Waals surface area contributed by atoms with Gasteiger partial charge in [-0.2, -0.15) is 0 Å². The Balaban J connectivity index is -0.00000132. The summed E-state index contributed by atoms with van der Waals surface area (Å²) < 4.78 is 51.0. The van der Waals surface area contributed by atoms with Crippen LogP contribution in [0.2, 0.25) is 0 Å². The summed E-state index contributed by atoms with van der Waals surface area (Å²) in [4.78, 5) is 126. The van der Waals surface area contributed by atoms with Crippen molar-refractivity contribution in [3.8, 4) is 0 Å². The van der Waals surface area contributed by atoms with Crippen LogP contribution in [0.4, 0.5) is 0 Å². The molecule has 2 N–H and O–H groups in total. The Labute approximate surface area is 549 Å². The van der Waals surface area contributed by atoms with Gasteiger partial charge in [-0.15, -0.1) is 0 Å². The Morgan fingerprint density at radius 3 is 0.946 bits per heavy atom. The largest absolute Gasteiger partial charge is 0.481 e. The molecule has 0 rings (SSSR count). The summed E-state index contributed by atoms with van der Waals surface area (Å²) in [6.07, 6.45) is 19.9. The fourth-order valence-electron chi connectivity index (χ4n) is 7.60. The van der Waals surface area contributed by atoms with Crippen molar-refractivity contribution in [2.45, 2.75) is 274 Å². The average Bonchev–Trinajstić information content (AvgIpc) is 3.68. The van der Waals surface area contributed by atoms with E-state index in [0.29, 0.717) is 148 Å². The molecule has 23 nitrogen and oxygen atoms in total. The second kappa shape index (κ2) is 63.6. The minimum absolute atomic E-state index is 0.0551. The van der Waals surface area contributed by atoms with Crippen LogP contribution >= 0.6 is 0 Å². The second-order valence-corrected chi connectivity index (χ2v) is 23.1. The van der Waals surface area contributed by atoms with Gasteiger partial charge < -0.3 is 57.6 Å². The molecule has 92 heavy (non-hydrogen) atoms. The molecule has 0 aromatic rings. The zero-order valence-electron chi connectivity index (χ0n) is 57.8. The first kappa shape index (κ1) is 90.1. The fourth-order valence-corrected chi connectivity index (χ4v) is 7.60. The maximum Gasteiger partial charge on any atom is 0.333 e. The Morgan fingerprint density at radius 2 is 0.620 bits per heavy atom. The van der Waals surface area contributed by atoms with Gasteiger partial charge in [-0.25, -0.2) is 4.79 Å². The number of ether oxygens (including phenoxy) is 10. The molecule has 23 heteroatoms. The number of carbonyl (C=O) groups excluding carboxylic acids is 10. The summed E-state index contributed by atoms with van der Waals surface area (Å²) >= 11 is 0. The predicted molar refractivity (Wildman–Crippen MR) is 345 cm³/mol. The van der Waals surface area contributed by atoms with E-state index in [4.69, 9.17) is 52.5 Å². The maximum atomic E-state index is 11.8. The normalized spacial score (nSPS) is 12.2. The maximum absolute atomic E-state index is 11.8. The van der Waals surface area contributed by atoms with E-state index in [0.717, 1.165) is 89.9 Å². The monoisotopic (exact) mass is 1320 g/mol. The van der Waals surface area contributed by atoms with Crippen molar-refractivity contribution in [2.75, 3.05) is 66.1 Å². The summed E-state index contributed by atoms with van der Waals surface area (Å²) in [6, 6.07) is 0. The van der Waals surface area contributed by atoms with Gasteiger partial charge in [-0.05, 0) is 154 Å². The molecule has 0 spiro atoms. The minimum Gasteiger partial charge on any atom is -0.481 e. The van der Waals surface area contributed by atoms with E-state index in [-0.39, 0.29) is 110 Å². The number of aliphatic hydroxyl groups is 1. The number of esters is 10. The lowest BCUT2D eigenvalue weighted by Crippen LogP contribution is -2.25. The molecular weight excluding hydrogens is 1200 g/mol. The van der Waals surface area contributed by atoms with Crippen molar-refractivity contribution < 1.29 is 110 Å². The number of carboxylic acids is 1. The molecule has 0 saturated carbocycles. The number of aliphatic carboxylic acids is 1. The second-order valence-electron chi connectivity index (χ2n) is 23.1. The van der Waals surface area contributed by atoms with E-state index < -0.39 is 24.0 Å². The summed E-state index contributed by atoms with van der Waals surface area (Å²) in [6.45, 7) is 22.8. The van der Waals surface area contributed by atoms with Gasteiger partial charge in [0, 0.05) is 50.5 Å². The molecule has 0 aliphatic rings. The third-order valence-corrected chi connectivity index (χ3v) is 14.5. The lowest BCUT2D eigenvalue weighted by molar-refractivity contribution is -0.151. The molecular formula is C69H120O23. The quantitative estimate of drug-likeness (QED) is 0.0247. The number of aliphatic hydroxyl groups excluding tert-OH is 1. The van der Waals surface area contributed by atoms with Crippen molar-refractivity contribution in [1.82, 2.24) is 0 Å². The molecule has 0 aliphatic heterocycles. The summed E-state index contributed by atoms with van der Waals surface area (Å²) in [5, 5.41) is 18.1. The van der Waals surface area contributed by atoms with Crippen molar-refractivity contribution >= 4 is 65.7 Å². The number of hydrogen-bond acceptors (Lipinski definition) is 22. The van der Waals surface area contributed by atoms with Crippen molar-refractivity contribution in [2.24, 2.45) is 23.7 Å². The molecule has 0 heterocycles. The van der Waals surface area contributed by atoms with Gasteiger partial charge in [0.1, 0.15) is 19.3 Å². The standard InChI is InChI=1S/C28H50O8.C24H40O9.C17H30O6/c1-5-8-15-24(7-3)22-36-27(31)17-11-13-20-34-25(29)16-10-9-12-19-33-26(30)18-14-21-35-28(32)23(4)6-2;1-5-19(4)24(29)31-15-11-7-8-12-21(26)30-14-10-6-9-13-22(27)32-16-20(25)17-33-23(28)18(2)3;1-3-14(2)17(21)23-13-9-5-7-11-16(20)22-12-8-4-6-10-15(18)19/h23-24H,5-22H2,1-4H3;19-20,25H,2,5-17H2,1,3-4H3;14H,3-13H2,1-2H3,(H,18,19).